The molecule has 3 rings (SSSR count). The largest absolute Gasteiger partial charge is 0.469 e. The molecular formula is C12H14N2OS. The van der Waals surface area contributed by atoms with Crippen LogP contribution >= 0.6 is 11.3 Å². The molecule has 0 bridgehead atoms. The monoisotopic (exact) mass is 234 g/mol. The molecule has 16 heavy (non-hydrogen) atoms. The second kappa shape index (κ2) is 4.03. The predicted octanol–water partition coefficient (Wildman–Crippen LogP) is 3.14. The standard InChI is InChI=1S/C12H14N2OS/c1-8-9(4-6-15-8)12-14-11(7-16-12)10-3-2-5-13-10/h4,6-7,10,13H,2-3,5H2,1H3. The maximum Gasteiger partial charge on any atom is 0.127 e. The maximum atomic E-state index is 5.30. The second-order valence-electron chi connectivity index (χ2n) is 4.12. The highest BCUT2D eigenvalue weighted by atomic mass is 32.1. The number of furan rings is 1. The molecule has 0 aromatic carbocycles. The summed E-state index contributed by atoms with van der Waals surface area (Å²) < 4.78 is 5.30. The van der Waals surface area contributed by atoms with Gasteiger partial charge >= 0.3 is 0 Å². The summed E-state index contributed by atoms with van der Waals surface area (Å²) in [6.45, 7) is 3.09. The Balaban J connectivity index is 1.90. The average Bonchev–Trinajstić information content (AvgIpc) is 2.96. The number of nitrogens with one attached hydrogen (secondary N) is 1. The number of nitrogens with zero attached hydrogens (tertiary/aromatic N) is 1. The Hall–Kier alpha value is -1.13. The van der Waals surface area contributed by atoms with E-state index < -0.39 is 0 Å². The summed E-state index contributed by atoms with van der Waals surface area (Å²) in [6.07, 6.45) is 4.18. The van der Waals surface area contributed by atoms with Gasteiger partial charge in [-0.2, -0.15) is 0 Å². The van der Waals surface area contributed by atoms with Crippen molar-refractivity contribution in [3.05, 3.63) is 29.2 Å². The van der Waals surface area contributed by atoms with Crippen LogP contribution in [0.2, 0.25) is 0 Å². The molecule has 3 nitrogen and oxygen atoms in total. The summed E-state index contributed by atoms with van der Waals surface area (Å²) in [5.41, 5.74) is 2.30. The number of rotatable bonds is 2. The van der Waals surface area contributed by atoms with Crippen molar-refractivity contribution in [2.45, 2.75) is 25.8 Å². The van der Waals surface area contributed by atoms with Gasteiger partial charge in [-0.15, -0.1) is 11.3 Å². The van der Waals surface area contributed by atoms with Gasteiger partial charge < -0.3 is 9.73 Å². The van der Waals surface area contributed by atoms with Crippen molar-refractivity contribution in [2.24, 2.45) is 0 Å². The zero-order chi connectivity index (χ0) is 11.0. The molecule has 1 N–H and O–H groups in total. The molecule has 0 aliphatic carbocycles. The Morgan fingerprint density at radius 2 is 2.50 bits per heavy atom. The van der Waals surface area contributed by atoms with Crippen molar-refractivity contribution < 1.29 is 4.42 Å². The van der Waals surface area contributed by atoms with Crippen molar-refractivity contribution >= 4 is 11.3 Å². The van der Waals surface area contributed by atoms with Crippen LogP contribution < -0.4 is 5.32 Å². The fourth-order valence-corrected chi connectivity index (χ4v) is 3.06. The molecule has 1 aliphatic rings. The fourth-order valence-electron chi connectivity index (χ4n) is 2.11. The van der Waals surface area contributed by atoms with Crippen LogP contribution in [0.15, 0.2) is 22.1 Å². The van der Waals surface area contributed by atoms with Crippen LogP contribution in [0.5, 0.6) is 0 Å². The van der Waals surface area contributed by atoms with Gasteiger partial charge in [0.1, 0.15) is 10.8 Å². The first-order valence-electron chi connectivity index (χ1n) is 5.58. The molecule has 1 atom stereocenters. The van der Waals surface area contributed by atoms with Gasteiger partial charge in [-0.3, -0.25) is 0 Å². The topological polar surface area (TPSA) is 38.1 Å². The third-order valence-corrected chi connectivity index (χ3v) is 3.92. The summed E-state index contributed by atoms with van der Waals surface area (Å²) in [6, 6.07) is 2.44. The lowest BCUT2D eigenvalue weighted by atomic mass is 10.2. The summed E-state index contributed by atoms with van der Waals surface area (Å²) in [7, 11) is 0. The van der Waals surface area contributed by atoms with E-state index in [9.17, 15) is 0 Å². The minimum absolute atomic E-state index is 0.456. The molecule has 4 heteroatoms. The number of thiazole rings is 1. The van der Waals surface area contributed by atoms with Gasteiger partial charge in [0, 0.05) is 5.38 Å². The first-order chi connectivity index (χ1) is 7.84. The third-order valence-electron chi connectivity index (χ3n) is 3.03. The molecule has 1 aliphatic heterocycles. The Morgan fingerprint density at radius 3 is 3.19 bits per heavy atom. The van der Waals surface area contributed by atoms with Crippen LogP contribution in [0.25, 0.3) is 10.6 Å². The van der Waals surface area contributed by atoms with Gasteiger partial charge in [0.2, 0.25) is 0 Å². The second-order valence-corrected chi connectivity index (χ2v) is 4.98. The Bertz CT molecular complexity index is 483. The molecule has 84 valence electrons. The van der Waals surface area contributed by atoms with E-state index in [1.807, 2.05) is 13.0 Å². The van der Waals surface area contributed by atoms with E-state index in [1.54, 1.807) is 17.6 Å². The van der Waals surface area contributed by atoms with Gasteiger partial charge in [0.25, 0.3) is 0 Å². The first-order valence-corrected chi connectivity index (χ1v) is 6.46. The number of aryl methyl sites for hydroxylation is 1. The van der Waals surface area contributed by atoms with Gasteiger partial charge in [0.15, 0.2) is 0 Å². The van der Waals surface area contributed by atoms with Crippen molar-refractivity contribution in [1.82, 2.24) is 10.3 Å². The third kappa shape index (κ3) is 1.68. The molecule has 1 unspecified atom stereocenters. The fraction of sp³-hybridized carbons (Fsp3) is 0.417. The minimum Gasteiger partial charge on any atom is -0.469 e. The molecule has 0 amide bonds. The van der Waals surface area contributed by atoms with Crippen LogP contribution in [-0.4, -0.2) is 11.5 Å². The summed E-state index contributed by atoms with van der Waals surface area (Å²) in [5, 5.41) is 6.69. The van der Waals surface area contributed by atoms with Gasteiger partial charge in [0.05, 0.1) is 23.6 Å². The molecule has 0 spiro atoms. The minimum atomic E-state index is 0.456. The summed E-state index contributed by atoms with van der Waals surface area (Å²) in [4.78, 5) is 4.69. The highest BCUT2D eigenvalue weighted by Gasteiger charge is 2.19. The quantitative estimate of drug-likeness (QED) is 0.867. The van der Waals surface area contributed by atoms with E-state index in [4.69, 9.17) is 9.40 Å². The summed E-state index contributed by atoms with van der Waals surface area (Å²) in [5.74, 6) is 0.945. The van der Waals surface area contributed by atoms with Gasteiger partial charge in [-0.25, -0.2) is 4.98 Å². The lowest BCUT2D eigenvalue weighted by Gasteiger charge is -2.04. The average molecular weight is 234 g/mol. The Labute approximate surface area is 98.5 Å². The van der Waals surface area contributed by atoms with Crippen molar-refractivity contribution in [1.29, 1.82) is 0 Å². The van der Waals surface area contributed by atoms with Crippen molar-refractivity contribution in [3.63, 3.8) is 0 Å². The molecule has 3 heterocycles. The maximum absolute atomic E-state index is 5.30. The Kier molecular flexibility index (Phi) is 2.53. The SMILES string of the molecule is Cc1occc1-c1nc(C2CCCN2)cs1. The molecule has 0 radical (unpaired) electrons. The molecule has 2 aromatic rings. The van der Waals surface area contributed by atoms with E-state index in [0.717, 1.165) is 22.9 Å². The van der Waals surface area contributed by atoms with Crippen LogP contribution in [0, 0.1) is 6.92 Å². The number of hydrogen-bond donors (Lipinski definition) is 1. The molecule has 1 saturated heterocycles. The van der Waals surface area contributed by atoms with E-state index in [2.05, 4.69) is 10.7 Å². The number of aromatic nitrogens is 1. The van der Waals surface area contributed by atoms with Crippen LogP contribution in [0.3, 0.4) is 0 Å². The van der Waals surface area contributed by atoms with Crippen LogP contribution in [-0.2, 0) is 0 Å². The van der Waals surface area contributed by atoms with Gasteiger partial charge in [-0.05, 0) is 32.4 Å². The zero-order valence-electron chi connectivity index (χ0n) is 9.19. The van der Waals surface area contributed by atoms with E-state index in [0.29, 0.717) is 6.04 Å². The Morgan fingerprint density at radius 1 is 1.56 bits per heavy atom. The number of hydrogen-bond acceptors (Lipinski definition) is 4. The van der Waals surface area contributed by atoms with E-state index in [1.165, 1.54) is 18.5 Å². The lowest BCUT2D eigenvalue weighted by Crippen LogP contribution is -2.12. The molecular weight excluding hydrogens is 220 g/mol. The molecule has 2 aromatic heterocycles. The first kappa shape index (κ1) is 10.1. The van der Waals surface area contributed by atoms with Crippen LogP contribution in [0.1, 0.15) is 30.3 Å². The zero-order valence-corrected chi connectivity index (χ0v) is 10.0. The normalized spacial score (nSPS) is 20.4. The molecule has 1 fully saturated rings. The van der Waals surface area contributed by atoms with Crippen molar-refractivity contribution in [2.75, 3.05) is 6.54 Å². The molecule has 0 saturated carbocycles. The van der Waals surface area contributed by atoms with Crippen molar-refractivity contribution in [3.8, 4) is 10.6 Å². The predicted molar refractivity (Wildman–Crippen MR) is 64.5 cm³/mol. The highest BCUT2D eigenvalue weighted by Crippen LogP contribution is 2.31. The van der Waals surface area contributed by atoms with Crippen LogP contribution in [0.4, 0.5) is 0 Å². The summed E-state index contributed by atoms with van der Waals surface area (Å²) >= 11 is 1.70. The highest BCUT2D eigenvalue weighted by molar-refractivity contribution is 7.13. The smallest absolute Gasteiger partial charge is 0.127 e. The van der Waals surface area contributed by atoms with E-state index >= 15 is 0 Å². The van der Waals surface area contributed by atoms with Gasteiger partial charge in [-0.1, -0.05) is 0 Å². The van der Waals surface area contributed by atoms with E-state index in [-0.39, 0.29) is 0 Å². The lowest BCUT2D eigenvalue weighted by molar-refractivity contribution is 0.535.